The molecule has 0 bridgehead atoms. The monoisotopic (exact) mass is 192 g/mol. The number of hydrogen-bond acceptors (Lipinski definition) is 2. The molecule has 0 saturated carbocycles. The lowest BCUT2D eigenvalue weighted by atomic mass is 10.3. The summed E-state index contributed by atoms with van der Waals surface area (Å²) in [5.74, 6) is 1.70. The van der Waals surface area contributed by atoms with E-state index in [1.54, 1.807) is 6.26 Å². The zero-order valence-corrected chi connectivity index (χ0v) is 8.91. The number of rotatable bonds is 4. The highest BCUT2D eigenvalue weighted by molar-refractivity contribution is 5.31. The highest BCUT2D eigenvalue weighted by atomic mass is 16.5. The summed E-state index contributed by atoms with van der Waals surface area (Å²) in [5.41, 5.74) is 1.14. The van der Waals surface area contributed by atoms with Crippen molar-refractivity contribution in [3.63, 3.8) is 0 Å². The summed E-state index contributed by atoms with van der Waals surface area (Å²) < 4.78 is 10.7. The van der Waals surface area contributed by atoms with Crippen molar-refractivity contribution in [3.05, 3.63) is 36.1 Å². The van der Waals surface area contributed by atoms with Gasteiger partial charge in [-0.3, -0.25) is 0 Å². The Morgan fingerprint density at radius 2 is 1.71 bits per heavy atom. The van der Waals surface area contributed by atoms with Crippen LogP contribution in [-0.4, -0.2) is 6.61 Å². The summed E-state index contributed by atoms with van der Waals surface area (Å²) in [6, 6.07) is 7.59. The molecule has 0 radical (unpaired) electrons. The van der Waals surface area contributed by atoms with E-state index in [1.807, 2.05) is 45.0 Å². The minimum Gasteiger partial charge on any atom is -0.494 e. The van der Waals surface area contributed by atoms with Gasteiger partial charge in [-0.25, -0.2) is 0 Å². The number of benzene rings is 1. The van der Waals surface area contributed by atoms with Crippen molar-refractivity contribution >= 4 is 0 Å². The normalized spacial score (nSPS) is 9.36. The van der Waals surface area contributed by atoms with Gasteiger partial charge in [0.05, 0.1) is 12.9 Å². The number of ether oxygens (including phenoxy) is 2. The largest absolute Gasteiger partial charge is 0.494 e. The van der Waals surface area contributed by atoms with Crippen LogP contribution in [0.3, 0.4) is 0 Å². The molecule has 0 heterocycles. The molecule has 2 nitrogen and oxygen atoms in total. The van der Waals surface area contributed by atoms with Crippen LogP contribution in [-0.2, 0) is 0 Å². The van der Waals surface area contributed by atoms with Gasteiger partial charge in [0, 0.05) is 0 Å². The minimum atomic E-state index is 0.689. The van der Waals surface area contributed by atoms with E-state index in [0.717, 1.165) is 17.1 Å². The van der Waals surface area contributed by atoms with Gasteiger partial charge in [0.2, 0.25) is 0 Å². The van der Waals surface area contributed by atoms with Crippen molar-refractivity contribution in [2.45, 2.75) is 20.8 Å². The molecule has 1 aromatic rings. The Balaban J connectivity index is 2.59. The lowest BCUT2D eigenvalue weighted by Crippen LogP contribution is -1.90. The standard InChI is InChI=1S/C12H16O2/c1-4-13-11-5-7-12(8-6-11)14-9-10(2)3/h5-9H,4H2,1-3H3. The summed E-state index contributed by atoms with van der Waals surface area (Å²) >= 11 is 0. The van der Waals surface area contributed by atoms with Crippen LogP contribution in [0.1, 0.15) is 20.8 Å². The second-order valence-electron chi connectivity index (χ2n) is 3.22. The van der Waals surface area contributed by atoms with Crippen LogP contribution in [0.5, 0.6) is 11.5 Å². The summed E-state index contributed by atoms with van der Waals surface area (Å²) in [6.45, 7) is 6.64. The van der Waals surface area contributed by atoms with Crippen molar-refractivity contribution in [1.29, 1.82) is 0 Å². The maximum Gasteiger partial charge on any atom is 0.126 e. The van der Waals surface area contributed by atoms with Gasteiger partial charge in [0.25, 0.3) is 0 Å². The first-order valence-electron chi connectivity index (χ1n) is 4.75. The van der Waals surface area contributed by atoms with Crippen molar-refractivity contribution < 1.29 is 9.47 Å². The van der Waals surface area contributed by atoms with Crippen molar-refractivity contribution in [2.75, 3.05) is 6.61 Å². The van der Waals surface area contributed by atoms with Crippen LogP contribution in [0.2, 0.25) is 0 Å². The Kier molecular flexibility index (Phi) is 4.05. The Bertz CT molecular complexity index is 295. The maximum atomic E-state index is 5.38. The average molecular weight is 192 g/mol. The molecule has 0 N–H and O–H groups in total. The fraction of sp³-hybridized carbons (Fsp3) is 0.333. The molecule has 1 rings (SSSR count). The Hall–Kier alpha value is -1.44. The van der Waals surface area contributed by atoms with Gasteiger partial charge in [-0.05, 0) is 50.6 Å². The quantitative estimate of drug-likeness (QED) is 0.681. The van der Waals surface area contributed by atoms with Crippen LogP contribution >= 0.6 is 0 Å². The van der Waals surface area contributed by atoms with Gasteiger partial charge >= 0.3 is 0 Å². The molecule has 0 amide bonds. The van der Waals surface area contributed by atoms with Gasteiger partial charge in [-0.1, -0.05) is 0 Å². The highest BCUT2D eigenvalue weighted by Crippen LogP contribution is 2.17. The second kappa shape index (κ2) is 5.32. The summed E-state index contributed by atoms with van der Waals surface area (Å²) in [6.07, 6.45) is 1.73. The third-order valence-corrected chi connectivity index (χ3v) is 1.57. The fourth-order valence-electron chi connectivity index (χ4n) is 0.967. The predicted molar refractivity (Wildman–Crippen MR) is 57.7 cm³/mol. The van der Waals surface area contributed by atoms with Crippen LogP contribution in [0.4, 0.5) is 0 Å². The molecule has 0 fully saturated rings. The molecule has 0 aromatic heterocycles. The summed E-state index contributed by atoms with van der Waals surface area (Å²) in [5, 5.41) is 0. The van der Waals surface area contributed by atoms with Gasteiger partial charge in [-0.2, -0.15) is 0 Å². The molecular formula is C12H16O2. The molecule has 0 atom stereocenters. The van der Waals surface area contributed by atoms with E-state index in [2.05, 4.69) is 0 Å². The van der Waals surface area contributed by atoms with Gasteiger partial charge in [0.1, 0.15) is 11.5 Å². The van der Waals surface area contributed by atoms with Gasteiger partial charge in [0.15, 0.2) is 0 Å². The molecular weight excluding hydrogens is 176 g/mol. The topological polar surface area (TPSA) is 18.5 Å². The predicted octanol–water partition coefficient (Wildman–Crippen LogP) is 3.39. The van der Waals surface area contributed by atoms with Crippen LogP contribution in [0.15, 0.2) is 36.1 Å². The Morgan fingerprint density at radius 1 is 1.14 bits per heavy atom. The van der Waals surface area contributed by atoms with Gasteiger partial charge < -0.3 is 9.47 Å². The molecule has 14 heavy (non-hydrogen) atoms. The maximum absolute atomic E-state index is 5.38. The Morgan fingerprint density at radius 3 is 2.21 bits per heavy atom. The first kappa shape index (κ1) is 10.6. The molecule has 76 valence electrons. The molecule has 2 heteroatoms. The number of hydrogen-bond donors (Lipinski definition) is 0. The fourth-order valence-corrected chi connectivity index (χ4v) is 0.967. The zero-order chi connectivity index (χ0) is 10.4. The first-order valence-corrected chi connectivity index (χ1v) is 4.75. The lowest BCUT2D eigenvalue weighted by Gasteiger charge is -2.04. The molecule has 1 aromatic carbocycles. The van der Waals surface area contributed by atoms with Crippen LogP contribution < -0.4 is 9.47 Å². The van der Waals surface area contributed by atoms with E-state index in [4.69, 9.17) is 9.47 Å². The molecule has 0 unspecified atom stereocenters. The average Bonchev–Trinajstić information content (AvgIpc) is 2.17. The zero-order valence-electron chi connectivity index (χ0n) is 8.91. The number of allylic oxidation sites excluding steroid dienone is 1. The van der Waals surface area contributed by atoms with E-state index in [-0.39, 0.29) is 0 Å². The summed E-state index contributed by atoms with van der Waals surface area (Å²) in [7, 11) is 0. The third-order valence-electron chi connectivity index (χ3n) is 1.57. The molecule has 0 spiro atoms. The SMILES string of the molecule is CCOc1ccc(OC=C(C)C)cc1. The third kappa shape index (κ3) is 3.52. The smallest absolute Gasteiger partial charge is 0.126 e. The molecule has 0 aliphatic carbocycles. The van der Waals surface area contributed by atoms with E-state index in [1.165, 1.54) is 0 Å². The van der Waals surface area contributed by atoms with E-state index < -0.39 is 0 Å². The van der Waals surface area contributed by atoms with E-state index in [0.29, 0.717) is 6.61 Å². The highest BCUT2D eigenvalue weighted by Gasteiger charge is 1.93. The minimum absolute atomic E-state index is 0.689. The van der Waals surface area contributed by atoms with Crippen molar-refractivity contribution in [3.8, 4) is 11.5 Å². The van der Waals surface area contributed by atoms with E-state index >= 15 is 0 Å². The van der Waals surface area contributed by atoms with Crippen LogP contribution in [0.25, 0.3) is 0 Å². The van der Waals surface area contributed by atoms with Crippen molar-refractivity contribution in [2.24, 2.45) is 0 Å². The molecule has 0 aliphatic rings. The van der Waals surface area contributed by atoms with E-state index in [9.17, 15) is 0 Å². The molecule has 0 aliphatic heterocycles. The second-order valence-corrected chi connectivity index (χ2v) is 3.22. The van der Waals surface area contributed by atoms with Crippen LogP contribution in [0, 0.1) is 0 Å². The summed E-state index contributed by atoms with van der Waals surface area (Å²) in [4.78, 5) is 0. The molecule has 0 saturated heterocycles. The van der Waals surface area contributed by atoms with Crippen molar-refractivity contribution in [1.82, 2.24) is 0 Å². The lowest BCUT2D eigenvalue weighted by molar-refractivity contribution is 0.339. The van der Waals surface area contributed by atoms with Gasteiger partial charge in [-0.15, -0.1) is 0 Å². The first-order chi connectivity index (χ1) is 6.72. The Labute approximate surface area is 85.2 Å².